The summed E-state index contributed by atoms with van der Waals surface area (Å²) in [6.45, 7) is 4.98. The molecule has 5 rings (SSSR count). The van der Waals surface area contributed by atoms with E-state index in [-0.39, 0.29) is 0 Å². The molecule has 0 saturated heterocycles. The summed E-state index contributed by atoms with van der Waals surface area (Å²) in [5.74, 6) is 1.23. The number of carbonyl (C=O) groups excluding carboxylic acids is 1. The largest absolute Gasteiger partial charge is 0.367 e. The van der Waals surface area contributed by atoms with Gasteiger partial charge in [-0.1, -0.05) is 31.5 Å². The second-order valence-corrected chi connectivity index (χ2v) is 9.38. The van der Waals surface area contributed by atoms with Gasteiger partial charge in [0.25, 0.3) is 0 Å². The maximum Gasteiger partial charge on any atom is 0.223 e. The molecule has 5 heteroatoms. The highest BCUT2D eigenvalue weighted by Crippen LogP contribution is 2.34. The number of aryl methyl sites for hydroxylation is 1. The first-order chi connectivity index (χ1) is 15.6. The molecule has 1 aromatic heterocycles. The van der Waals surface area contributed by atoms with Crippen molar-refractivity contribution in [3.63, 3.8) is 0 Å². The maximum absolute atomic E-state index is 12.8. The zero-order valence-electron chi connectivity index (χ0n) is 19.1. The molecule has 0 radical (unpaired) electrons. The number of hydrogen-bond donors (Lipinski definition) is 1. The minimum atomic E-state index is 0.301. The summed E-state index contributed by atoms with van der Waals surface area (Å²) in [6.07, 6.45) is 9.03. The molecule has 1 heterocycles. The van der Waals surface area contributed by atoms with Crippen LogP contribution in [0.3, 0.4) is 0 Å². The van der Waals surface area contributed by atoms with E-state index in [4.69, 9.17) is 0 Å². The minimum Gasteiger partial charge on any atom is -0.367 e. The fraction of sp³-hybridized carbons (Fsp3) is 0.444. The van der Waals surface area contributed by atoms with Crippen molar-refractivity contribution in [3.05, 3.63) is 53.9 Å². The first-order valence-electron chi connectivity index (χ1n) is 12.0. The van der Waals surface area contributed by atoms with Crippen molar-refractivity contribution < 1.29 is 4.79 Å². The topological polar surface area (TPSA) is 58.1 Å². The van der Waals surface area contributed by atoms with Gasteiger partial charge in [-0.25, -0.2) is 9.97 Å². The average Bonchev–Trinajstić information content (AvgIpc) is 3.71. The van der Waals surface area contributed by atoms with E-state index in [9.17, 15) is 4.79 Å². The summed E-state index contributed by atoms with van der Waals surface area (Å²) in [5.41, 5.74) is 5.74. The number of benzene rings is 2. The van der Waals surface area contributed by atoms with E-state index in [0.717, 1.165) is 42.4 Å². The van der Waals surface area contributed by atoms with Crippen molar-refractivity contribution in [2.24, 2.45) is 0 Å². The van der Waals surface area contributed by atoms with Crippen LogP contribution in [0.2, 0.25) is 0 Å². The van der Waals surface area contributed by atoms with Gasteiger partial charge in [0.15, 0.2) is 0 Å². The molecule has 0 unspecified atom stereocenters. The molecule has 3 aromatic rings. The molecule has 0 atom stereocenters. The monoisotopic (exact) mass is 428 g/mol. The van der Waals surface area contributed by atoms with E-state index in [1.165, 1.54) is 35.1 Å². The zero-order valence-corrected chi connectivity index (χ0v) is 19.1. The molecule has 1 N–H and O–H groups in total. The number of hydrogen-bond acceptors (Lipinski definition) is 4. The summed E-state index contributed by atoms with van der Waals surface area (Å²) >= 11 is 0. The van der Waals surface area contributed by atoms with E-state index in [1.54, 1.807) is 6.33 Å². The molecule has 2 saturated carbocycles. The quantitative estimate of drug-likeness (QED) is 0.464. The van der Waals surface area contributed by atoms with Gasteiger partial charge in [-0.3, -0.25) is 4.79 Å². The Morgan fingerprint density at radius 2 is 1.97 bits per heavy atom. The van der Waals surface area contributed by atoms with E-state index >= 15 is 0 Å². The Balaban J connectivity index is 1.44. The summed E-state index contributed by atoms with van der Waals surface area (Å²) in [7, 11) is 0. The molecule has 0 aliphatic heterocycles. The van der Waals surface area contributed by atoms with Gasteiger partial charge in [0.05, 0.1) is 5.52 Å². The van der Waals surface area contributed by atoms with Gasteiger partial charge >= 0.3 is 0 Å². The lowest BCUT2D eigenvalue weighted by Gasteiger charge is -2.23. The third kappa shape index (κ3) is 4.62. The van der Waals surface area contributed by atoms with Gasteiger partial charge in [0.2, 0.25) is 5.91 Å². The Morgan fingerprint density at radius 3 is 2.72 bits per heavy atom. The molecule has 2 aliphatic carbocycles. The van der Waals surface area contributed by atoms with Gasteiger partial charge in [0, 0.05) is 30.4 Å². The third-order valence-corrected chi connectivity index (χ3v) is 6.54. The summed E-state index contributed by atoms with van der Waals surface area (Å²) in [5, 5.41) is 4.62. The van der Waals surface area contributed by atoms with Crippen LogP contribution < -0.4 is 5.32 Å². The van der Waals surface area contributed by atoms with Crippen molar-refractivity contribution in [1.82, 2.24) is 14.9 Å². The van der Waals surface area contributed by atoms with Crippen molar-refractivity contribution in [2.45, 2.75) is 77.4 Å². The highest BCUT2D eigenvalue weighted by Gasteiger charge is 2.32. The first-order valence-corrected chi connectivity index (χ1v) is 12.0. The lowest BCUT2D eigenvalue weighted by Crippen LogP contribution is -2.32. The number of nitrogens with zero attached hydrogens (tertiary/aromatic N) is 3. The van der Waals surface area contributed by atoms with Gasteiger partial charge in [-0.2, -0.15) is 0 Å². The van der Waals surface area contributed by atoms with Gasteiger partial charge < -0.3 is 10.2 Å². The number of amides is 1. The third-order valence-electron chi connectivity index (χ3n) is 6.54. The number of unbranched alkanes of at least 4 members (excludes halogenated alkanes) is 1. The molecule has 2 aromatic carbocycles. The molecule has 1 amide bonds. The Kier molecular flexibility index (Phi) is 5.81. The molecule has 0 spiro atoms. The van der Waals surface area contributed by atoms with Crippen LogP contribution >= 0.6 is 0 Å². The number of carbonyl (C=O) groups is 1. The van der Waals surface area contributed by atoms with Crippen LogP contribution in [0.25, 0.3) is 22.0 Å². The predicted molar refractivity (Wildman–Crippen MR) is 129 cm³/mol. The Morgan fingerprint density at radius 1 is 1.12 bits per heavy atom. The normalized spacial score (nSPS) is 15.7. The van der Waals surface area contributed by atoms with Crippen molar-refractivity contribution in [2.75, 3.05) is 5.32 Å². The number of nitrogens with one attached hydrogen (secondary N) is 1. The molecule has 2 fully saturated rings. The lowest BCUT2D eigenvalue weighted by atomic mass is 9.96. The van der Waals surface area contributed by atoms with E-state index in [0.29, 0.717) is 31.0 Å². The smallest absolute Gasteiger partial charge is 0.223 e. The van der Waals surface area contributed by atoms with Crippen molar-refractivity contribution >= 4 is 22.6 Å². The van der Waals surface area contributed by atoms with Crippen LogP contribution in [0.4, 0.5) is 5.82 Å². The second-order valence-electron chi connectivity index (χ2n) is 9.38. The molecule has 32 heavy (non-hydrogen) atoms. The SMILES string of the molecule is CCCCC(=O)N(Cc1cccc(-c2cc3c(NC4CC4)ncnc3cc2C)c1)C1CC1. The minimum absolute atomic E-state index is 0.301. The maximum atomic E-state index is 12.8. The van der Waals surface area contributed by atoms with Gasteiger partial charge in [-0.15, -0.1) is 0 Å². The van der Waals surface area contributed by atoms with Crippen molar-refractivity contribution in [3.8, 4) is 11.1 Å². The fourth-order valence-electron chi connectivity index (χ4n) is 4.37. The number of fused-ring (bicyclic) bond motifs is 1. The van der Waals surface area contributed by atoms with Gasteiger partial charge in [0.1, 0.15) is 12.1 Å². The van der Waals surface area contributed by atoms with E-state index in [1.807, 2.05) is 0 Å². The lowest BCUT2D eigenvalue weighted by molar-refractivity contribution is -0.132. The van der Waals surface area contributed by atoms with Crippen LogP contribution in [-0.2, 0) is 11.3 Å². The second kappa shape index (κ2) is 8.89. The van der Waals surface area contributed by atoms with Gasteiger partial charge in [-0.05, 0) is 79.5 Å². The number of anilines is 1. The molecule has 5 nitrogen and oxygen atoms in total. The first kappa shape index (κ1) is 20.9. The highest BCUT2D eigenvalue weighted by molar-refractivity contribution is 5.94. The van der Waals surface area contributed by atoms with Crippen LogP contribution in [0.15, 0.2) is 42.7 Å². The zero-order chi connectivity index (χ0) is 22.1. The number of rotatable bonds is 9. The molecule has 0 bridgehead atoms. The standard InChI is InChI=1S/C27H32N4O/c1-3-4-8-26(32)31(22-11-12-22)16-19-6-5-7-20(14-19)23-15-24-25(13-18(23)2)28-17-29-27(24)30-21-9-10-21/h5-7,13-15,17,21-22H,3-4,8-12,16H2,1-2H3,(H,28,29,30). The van der Waals surface area contributed by atoms with Crippen LogP contribution in [0.5, 0.6) is 0 Å². The predicted octanol–water partition coefficient (Wildman–Crippen LogP) is 5.86. The summed E-state index contributed by atoms with van der Waals surface area (Å²) < 4.78 is 0. The Labute approximate surface area is 190 Å². The summed E-state index contributed by atoms with van der Waals surface area (Å²) in [4.78, 5) is 23.9. The molecular weight excluding hydrogens is 396 g/mol. The molecular formula is C27H32N4O. The van der Waals surface area contributed by atoms with Crippen LogP contribution in [0.1, 0.15) is 63.0 Å². The Bertz CT molecular complexity index is 1130. The van der Waals surface area contributed by atoms with Crippen LogP contribution in [-0.4, -0.2) is 32.9 Å². The van der Waals surface area contributed by atoms with Crippen molar-refractivity contribution in [1.29, 1.82) is 0 Å². The van der Waals surface area contributed by atoms with E-state index in [2.05, 4.69) is 70.4 Å². The number of aromatic nitrogens is 2. The van der Waals surface area contributed by atoms with E-state index < -0.39 is 0 Å². The Hall–Kier alpha value is -2.95. The fourth-order valence-corrected chi connectivity index (χ4v) is 4.37. The van der Waals surface area contributed by atoms with Crippen LogP contribution in [0, 0.1) is 6.92 Å². The molecule has 166 valence electrons. The summed E-state index contributed by atoms with van der Waals surface area (Å²) in [6, 6.07) is 14.0. The molecule has 2 aliphatic rings. The highest BCUT2D eigenvalue weighted by atomic mass is 16.2. The average molecular weight is 429 g/mol.